The van der Waals surface area contributed by atoms with Crippen LogP contribution in [0.2, 0.25) is 0 Å². The Kier molecular flexibility index (Phi) is 3.90. The second-order valence-electron chi connectivity index (χ2n) is 6.13. The Morgan fingerprint density at radius 3 is 2.74 bits per heavy atom. The zero-order valence-electron chi connectivity index (χ0n) is 12.9. The summed E-state index contributed by atoms with van der Waals surface area (Å²) in [5, 5.41) is 11.2. The smallest absolute Gasteiger partial charge is 0.0924 e. The molecule has 0 bridgehead atoms. The number of nitrogens with one attached hydrogen (secondary N) is 2. The van der Waals surface area contributed by atoms with Crippen molar-refractivity contribution in [1.82, 2.24) is 20.5 Å². The first-order valence-corrected chi connectivity index (χ1v) is 8.13. The van der Waals surface area contributed by atoms with Crippen molar-refractivity contribution < 1.29 is 0 Å². The van der Waals surface area contributed by atoms with Crippen molar-refractivity contribution >= 4 is 0 Å². The number of H-pyrrole nitrogens is 1. The molecule has 0 amide bonds. The maximum absolute atomic E-state index is 4.42. The molecule has 3 aromatic rings. The predicted octanol–water partition coefficient (Wildman–Crippen LogP) is 3.71. The van der Waals surface area contributed by atoms with E-state index in [2.05, 4.69) is 44.8 Å². The lowest BCUT2D eigenvalue weighted by molar-refractivity contribution is 0.475. The van der Waals surface area contributed by atoms with Crippen LogP contribution in [-0.2, 0) is 6.54 Å². The minimum Gasteiger partial charge on any atom is -0.304 e. The van der Waals surface area contributed by atoms with E-state index in [1.165, 1.54) is 18.4 Å². The number of benzene rings is 1. The topological polar surface area (TPSA) is 53.6 Å². The van der Waals surface area contributed by atoms with Crippen LogP contribution in [0.25, 0.3) is 11.3 Å². The molecule has 2 heterocycles. The molecule has 1 aliphatic carbocycles. The average Bonchev–Trinajstić information content (AvgIpc) is 3.34. The zero-order chi connectivity index (χ0) is 15.5. The highest BCUT2D eigenvalue weighted by Gasteiger charge is 2.32. The number of pyridine rings is 1. The van der Waals surface area contributed by atoms with Crippen LogP contribution in [0.3, 0.4) is 0 Å². The van der Waals surface area contributed by atoms with Gasteiger partial charge in [-0.15, -0.1) is 0 Å². The minimum absolute atomic E-state index is 0.382. The molecular formula is C19H20N4. The quantitative estimate of drug-likeness (QED) is 0.730. The Hall–Kier alpha value is -2.46. The van der Waals surface area contributed by atoms with Crippen LogP contribution >= 0.6 is 0 Å². The summed E-state index contributed by atoms with van der Waals surface area (Å²) in [6.07, 6.45) is 6.39. The van der Waals surface area contributed by atoms with Gasteiger partial charge in [0.25, 0.3) is 0 Å². The molecule has 23 heavy (non-hydrogen) atoms. The SMILES string of the molecule is c1ccc(-c2cc(CNC(c3cccnc3)C3CC3)[nH]n2)cc1. The summed E-state index contributed by atoms with van der Waals surface area (Å²) in [4.78, 5) is 4.25. The first-order chi connectivity index (χ1) is 11.4. The monoisotopic (exact) mass is 304 g/mol. The van der Waals surface area contributed by atoms with Gasteiger partial charge in [0.1, 0.15) is 0 Å². The van der Waals surface area contributed by atoms with Crippen LogP contribution in [0, 0.1) is 5.92 Å². The standard InChI is InChI=1S/C19H20N4/c1-2-5-14(6-3-1)18-11-17(22-23-18)13-21-19(15-8-9-15)16-7-4-10-20-12-16/h1-7,10-12,15,19,21H,8-9,13H2,(H,22,23). The van der Waals surface area contributed by atoms with Gasteiger partial charge in [0.15, 0.2) is 0 Å². The fraction of sp³-hybridized carbons (Fsp3) is 0.263. The van der Waals surface area contributed by atoms with Crippen molar-refractivity contribution in [3.05, 3.63) is 72.2 Å². The summed E-state index contributed by atoms with van der Waals surface area (Å²) < 4.78 is 0. The lowest BCUT2D eigenvalue weighted by Gasteiger charge is -2.17. The number of nitrogens with zero attached hydrogens (tertiary/aromatic N) is 2. The highest BCUT2D eigenvalue weighted by atomic mass is 15.1. The molecule has 0 spiro atoms. The van der Waals surface area contributed by atoms with Gasteiger partial charge in [-0.3, -0.25) is 10.1 Å². The number of hydrogen-bond acceptors (Lipinski definition) is 3. The Morgan fingerprint density at radius 1 is 1.13 bits per heavy atom. The number of hydrogen-bond donors (Lipinski definition) is 2. The summed E-state index contributed by atoms with van der Waals surface area (Å²) in [5.41, 5.74) is 4.52. The summed E-state index contributed by atoms with van der Waals surface area (Å²) in [7, 11) is 0. The fourth-order valence-electron chi connectivity index (χ4n) is 2.98. The maximum Gasteiger partial charge on any atom is 0.0924 e. The minimum atomic E-state index is 0.382. The predicted molar refractivity (Wildman–Crippen MR) is 90.6 cm³/mol. The number of aromatic amines is 1. The van der Waals surface area contributed by atoms with E-state index in [4.69, 9.17) is 0 Å². The zero-order valence-corrected chi connectivity index (χ0v) is 12.9. The Balaban J connectivity index is 1.45. The molecule has 0 radical (unpaired) electrons. The highest BCUT2D eigenvalue weighted by Crippen LogP contribution is 2.40. The van der Waals surface area contributed by atoms with Crippen molar-refractivity contribution in [2.75, 3.05) is 0 Å². The van der Waals surface area contributed by atoms with Crippen LogP contribution in [0.4, 0.5) is 0 Å². The summed E-state index contributed by atoms with van der Waals surface area (Å²) in [6, 6.07) is 16.9. The van der Waals surface area contributed by atoms with E-state index in [1.807, 2.05) is 36.7 Å². The molecule has 1 saturated carbocycles. The van der Waals surface area contributed by atoms with Crippen molar-refractivity contribution in [1.29, 1.82) is 0 Å². The van der Waals surface area contributed by atoms with Crippen LogP contribution in [0.5, 0.6) is 0 Å². The molecule has 4 nitrogen and oxygen atoms in total. The second kappa shape index (κ2) is 6.34. The molecule has 1 aliphatic rings. The first-order valence-electron chi connectivity index (χ1n) is 8.13. The van der Waals surface area contributed by atoms with Gasteiger partial charge in [0, 0.05) is 36.2 Å². The van der Waals surface area contributed by atoms with Crippen molar-refractivity contribution in [2.24, 2.45) is 5.92 Å². The van der Waals surface area contributed by atoms with E-state index >= 15 is 0 Å². The van der Waals surface area contributed by atoms with Crippen LogP contribution in [0.1, 0.15) is 30.1 Å². The molecule has 1 fully saturated rings. The van der Waals surface area contributed by atoms with E-state index < -0.39 is 0 Å². The molecule has 0 aliphatic heterocycles. The molecule has 0 saturated heterocycles. The van der Waals surface area contributed by atoms with Gasteiger partial charge in [-0.1, -0.05) is 36.4 Å². The third kappa shape index (κ3) is 3.32. The van der Waals surface area contributed by atoms with Crippen molar-refractivity contribution in [2.45, 2.75) is 25.4 Å². The van der Waals surface area contributed by atoms with Crippen LogP contribution in [-0.4, -0.2) is 15.2 Å². The van der Waals surface area contributed by atoms with Crippen molar-refractivity contribution in [3.63, 3.8) is 0 Å². The molecule has 116 valence electrons. The Bertz CT molecular complexity index is 747. The average molecular weight is 304 g/mol. The highest BCUT2D eigenvalue weighted by molar-refractivity contribution is 5.58. The van der Waals surface area contributed by atoms with Gasteiger partial charge in [-0.05, 0) is 36.5 Å². The van der Waals surface area contributed by atoms with Gasteiger partial charge in [-0.2, -0.15) is 5.10 Å². The van der Waals surface area contributed by atoms with Gasteiger partial charge in [0.2, 0.25) is 0 Å². The normalized spacial score (nSPS) is 15.5. The lowest BCUT2D eigenvalue weighted by atomic mass is 10.0. The van der Waals surface area contributed by atoms with E-state index in [0.29, 0.717) is 6.04 Å². The molecule has 2 N–H and O–H groups in total. The summed E-state index contributed by atoms with van der Waals surface area (Å²) >= 11 is 0. The van der Waals surface area contributed by atoms with E-state index in [-0.39, 0.29) is 0 Å². The third-order valence-corrected chi connectivity index (χ3v) is 4.35. The Labute approximate surface area is 136 Å². The van der Waals surface area contributed by atoms with E-state index in [9.17, 15) is 0 Å². The van der Waals surface area contributed by atoms with Gasteiger partial charge in [-0.25, -0.2) is 0 Å². The molecule has 1 atom stereocenters. The van der Waals surface area contributed by atoms with Crippen LogP contribution in [0.15, 0.2) is 60.9 Å². The molecule has 2 aromatic heterocycles. The fourth-order valence-corrected chi connectivity index (χ4v) is 2.98. The van der Waals surface area contributed by atoms with Crippen LogP contribution < -0.4 is 5.32 Å². The van der Waals surface area contributed by atoms with Gasteiger partial charge in [0.05, 0.1) is 5.69 Å². The number of rotatable bonds is 6. The van der Waals surface area contributed by atoms with Crippen molar-refractivity contribution in [3.8, 4) is 11.3 Å². The molecular weight excluding hydrogens is 284 g/mol. The maximum atomic E-state index is 4.42. The number of aromatic nitrogens is 3. The van der Waals surface area contributed by atoms with Gasteiger partial charge < -0.3 is 5.32 Å². The lowest BCUT2D eigenvalue weighted by Crippen LogP contribution is -2.23. The summed E-state index contributed by atoms with van der Waals surface area (Å²) in [6.45, 7) is 0.788. The molecule has 4 heteroatoms. The molecule has 4 rings (SSSR count). The first kappa shape index (κ1) is 14.2. The third-order valence-electron chi connectivity index (χ3n) is 4.35. The molecule has 1 aromatic carbocycles. The van der Waals surface area contributed by atoms with Gasteiger partial charge >= 0.3 is 0 Å². The summed E-state index contributed by atoms with van der Waals surface area (Å²) in [5.74, 6) is 0.732. The Morgan fingerprint density at radius 2 is 2.00 bits per heavy atom. The van der Waals surface area contributed by atoms with E-state index in [0.717, 1.165) is 29.4 Å². The largest absolute Gasteiger partial charge is 0.304 e. The second-order valence-corrected chi connectivity index (χ2v) is 6.13. The van der Waals surface area contributed by atoms with E-state index in [1.54, 1.807) is 0 Å². The molecule has 1 unspecified atom stereocenters.